The van der Waals surface area contributed by atoms with Gasteiger partial charge in [0.25, 0.3) is 5.91 Å². The Kier molecular flexibility index (Phi) is 6.64. The van der Waals surface area contributed by atoms with Crippen molar-refractivity contribution in [3.63, 3.8) is 0 Å². The summed E-state index contributed by atoms with van der Waals surface area (Å²) in [6.07, 6.45) is 5.25. The molecule has 0 aliphatic carbocycles. The minimum atomic E-state index is -0.239. The van der Waals surface area contributed by atoms with Crippen LogP contribution in [-0.2, 0) is 14.3 Å². The second kappa shape index (κ2) is 9.99. The van der Waals surface area contributed by atoms with Gasteiger partial charge in [0.1, 0.15) is 5.69 Å². The Morgan fingerprint density at radius 3 is 2.68 bits per heavy atom. The van der Waals surface area contributed by atoms with Crippen LogP contribution in [0.3, 0.4) is 0 Å². The van der Waals surface area contributed by atoms with Crippen LogP contribution in [0, 0.1) is 5.92 Å². The Morgan fingerprint density at radius 2 is 1.97 bits per heavy atom. The maximum absolute atomic E-state index is 12.8. The number of ether oxygens (including phenoxy) is 1. The molecular weight excluding hydrogens is 468 g/mol. The van der Waals surface area contributed by atoms with Crippen LogP contribution in [0.2, 0.25) is 0 Å². The number of rotatable bonds is 5. The molecule has 0 bridgehead atoms. The van der Waals surface area contributed by atoms with E-state index in [0.717, 1.165) is 21.8 Å². The minimum Gasteiger partial charge on any atom is -0.466 e. The number of hydrogen-bond acceptors (Lipinski definition) is 7. The number of aromatic nitrogens is 2. The molecule has 34 heavy (non-hydrogen) atoms. The Morgan fingerprint density at radius 1 is 1.18 bits per heavy atom. The van der Waals surface area contributed by atoms with Gasteiger partial charge in [-0.3, -0.25) is 9.59 Å². The number of amides is 1. The van der Waals surface area contributed by atoms with Crippen LogP contribution in [-0.4, -0.2) is 51.4 Å². The first-order chi connectivity index (χ1) is 16.6. The first-order valence-electron chi connectivity index (χ1n) is 11.3. The maximum atomic E-state index is 12.8. The predicted octanol–water partition coefficient (Wildman–Crippen LogP) is 4.85. The first kappa shape index (κ1) is 22.6. The molecule has 0 saturated carbocycles. The second-order valence-electron chi connectivity index (χ2n) is 8.01. The van der Waals surface area contributed by atoms with E-state index in [1.54, 1.807) is 11.3 Å². The molecule has 2 aliphatic heterocycles. The zero-order chi connectivity index (χ0) is 23.5. The number of carbonyl (C=O) groups excluding carboxylic acids is 2. The number of thiophene rings is 1. The summed E-state index contributed by atoms with van der Waals surface area (Å²) in [4.78, 5) is 32.8. The van der Waals surface area contributed by atoms with Gasteiger partial charge in [0.05, 0.1) is 28.0 Å². The summed E-state index contributed by atoms with van der Waals surface area (Å²) in [6, 6.07) is 13.9. The van der Waals surface area contributed by atoms with Crippen molar-refractivity contribution >= 4 is 46.2 Å². The van der Waals surface area contributed by atoms with Crippen LogP contribution in [0.5, 0.6) is 0 Å². The van der Waals surface area contributed by atoms with E-state index in [9.17, 15) is 9.59 Å². The number of benzene rings is 1. The number of esters is 1. The van der Waals surface area contributed by atoms with Gasteiger partial charge in [0.15, 0.2) is 5.17 Å². The van der Waals surface area contributed by atoms with Crippen molar-refractivity contribution in [2.24, 2.45) is 10.9 Å². The standard InChI is InChI=1S/C25H24N4O3S2/c1-2-32-24(31)17-10-12-28(13-11-17)25-26-23(30)21(34-25)15-18-16-29(19-7-4-3-5-8-19)27-22(18)20-9-6-14-33-20/h3-9,14-17H,2,10-13H2,1H3. The van der Waals surface area contributed by atoms with Crippen LogP contribution in [0.15, 0.2) is 63.9 Å². The average molecular weight is 493 g/mol. The molecule has 1 fully saturated rings. The Hall–Kier alpha value is -3.17. The molecule has 1 aromatic carbocycles. The highest BCUT2D eigenvalue weighted by Crippen LogP contribution is 2.35. The number of hydrogen-bond donors (Lipinski definition) is 0. The molecule has 0 spiro atoms. The van der Waals surface area contributed by atoms with Gasteiger partial charge >= 0.3 is 5.97 Å². The molecule has 5 rings (SSSR count). The lowest BCUT2D eigenvalue weighted by Gasteiger charge is -2.31. The smallest absolute Gasteiger partial charge is 0.309 e. The molecule has 2 aliphatic rings. The number of carbonyl (C=O) groups is 2. The molecule has 174 valence electrons. The van der Waals surface area contributed by atoms with Crippen molar-refractivity contribution in [2.75, 3.05) is 19.7 Å². The summed E-state index contributed by atoms with van der Waals surface area (Å²) in [5.41, 5.74) is 2.67. The molecule has 0 atom stereocenters. The lowest BCUT2D eigenvalue weighted by atomic mass is 9.97. The number of thioether (sulfide) groups is 1. The van der Waals surface area contributed by atoms with E-state index in [-0.39, 0.29) is 17.8 Å². The van der Waals surface area contributed by atoms with E-state index in [1.165, 1.54) is 11.8 Å². The zero-order valence-electron chi connectivity index (χ0n) is 18.7. The van der Waals surface area contributed by atoms with Gasteiger partial charge in [-0.05, 0) is 61.2 Å². The van der Waals surface area contributed by atoms with Crippen LogP contribution in [0.4, 0.5) is 0 Å². The van der Waals surface area contributed by atoms with Gasteiger partial charge in [-0.1, -0.05) is 24.3 Å². The van der Waals surface area contributed by atoms with Crippen molar-refractivity contribution in [1.29, 1.82) is 0 Å². The number of nitrogens with zero attached hydrogens (tertiary/aromatic N) is 4. The van der Waals surface area contributed by atoms with Gasteiger partial charge in [0.2, 0.25) is 0 Å². The fourth-order valence-electron chi connectivity index (χ4n) is 4.05. The Bertz CT molecular complexity index is 1240. The largest absolute Gasteiger partial charge is 0.466 e. The van der Waals surface area contributed by atoms with Gasteiger partial charge in [-0.25, -0.2) is 4.68 Å². The van der Waals surface area contributed by atoms with Gasteiger partial charge in [0, 0.05) is 24.8 Å². The van der Waals surface area contributed by atoms with E-state index >= 15 is 0 Å². The quantitative estimate of drug-likeness (QED) is 0.375. The minimum absolute atomic E-state index is 0.0777. The van der Waals surface area contributed by atoms with E-state index in [0.29, 0.717) is 42.6 Å². The highest BCUT2D eigenvalue weighted by atomic mass is 32.2. The van der Waals surface area contributed by atoms with Gasteiger partial charge < -0.3 is 9.64 Å². The number of amidine groups is 1. The third-order valence-electron chi connectivity index (χ3n) is 5.80. The van der Waals surface area contributed by atoms with E-state index in [2.05, 4.69) is 9.89 Å². The van der Waals surface area contributed by atoms with Crippen molar-refractivity contribution in [3.8, 4) is 16.3 Å². The van der Waals surface area contributed by atoms with Crippen LogP contribution in [0.25, 0.3) is 22.3 Å². The molecule has 9 heteroatoms. The molecule has 0 unspecified atom stereocenters. The van der Waals surface area contributed by atoms with Gasteiger partial charge in [-0.15, -0.1) is 11.3 Å². The molecule has 0 N–H and O–H groups in total. The van der Waals surface area contributed by atoms with Gasteiger partial charge in [-0.2, -0.15) is 10.1 Å². The maximum Gasteiger partial charge on any atom is 0.309 e. The summed E-state index contributed by atoms with van der Waals surface area (Å²) in [5.74, 6) is -0.445. The first-order valence-corrected chi connectivity index (χ1v) is 12.9. The Labute approximate surface area is 206 Å². The summed E-state index contributed by atoms with van der Waals surface area (Å²) < 4.78 is 7.00. The molecule has 0 radical (unpaired) electrons. The third-order valence-corrected chi connectivity index (χ3v) is 7.72. The lowest BCUT2D eigenvalue weighted by molar-refractivity contribution is -0.149. The number of aliphatic imine (C=N–C) groups is 1. The van der Waals surface area contributed by atoms with Crippen molar-refractivity contribution in [2.45, 2.75) is 19.8 Å². The molecule has 4 heterocycles. The van der Waals surface area contributed by atoms with Crippen LogP contribution >= 0.6 is 23.1 Å². The van der Waals surface area contributed by atoms with Crippen molar-refractivity contribution in [1.82, 2.24) is 14.7 Å². The number of piperidine rings is 1. The van der Waals surface area contributed by atoms with E-state index < -0.39 is 0 Å². The fourth-order valence-corrected chi connectivity index (χ4v) is 5.74. The predicted molar refractivity (Wildman–Crippen MR) is 136 cm³/mol. The van der Waals surface area contributed by atoms with Crippen molar-refractivity contribution < 1.29 is 14.3 Å². The topological polar surface area (TPSA) is 76.8 Å². The SMILES string of the molecule is CCOC(=O)C1CCN(C2=NC(=O)C(=Cc3cn(-c4ccccc4)nc3-c3cccs3)S2)CC1. The molecule has 2 aromatic heterocycles. The van der Waals surface area contributed by atoms with E-state index in [1.807, 2.05) is 71.7 Å². The highest BCUT2D eigenvalue weighted by Gasteiger charge is 2.32. The monoisotopic (exact) mass is 492 g/mol. The summed E-state index contributed by atoms with van der Waals surface area (Å²) >= 11 is 3.00. The summed E-state index contributed by atoms with van der Waals surface area (Å²) in [5, 5.41) is 7.53. The zero-order valence-corrected chi connectivity index (χ0v) is 20.3. The third kappa shape index (κ3) is 4.71. The molecule has 3 aromatic rings. The van der Waals surface area contributed by atoms with E-state index in [4.69, 9.17) is 9.84 Å². The second-order valence-corrected chi connectivity index (χ2v) is 9.97. The normalized spacial score (nSPS) is 17.9. The fraction of sp³-hybridized carbons (Fsp3) is 0.280. The summed E-state index contributed by atoms with van der Waals surface area (Å²) in [6.45, 7) is 3.59. The number of para-hydroxylation sites is 1. The van der Waals surface area contributed by atoms with Crippen LogP contribution < -0.4 is 0 Å². The molecule has 1 saturated heterocycles. The Balaban J connectivity index is 1.35. The van der Waals surface area contributed by atoms with Crippen LogP contribution in [0.1, 0.15) is 25.3 Å². The molecule has 1 amide bonds. The summed E-state index contributed by atoms with van der Waals surface area (Å²) in [7, 11) is 0. The number of likely N-dealkylation sites (tertiary alicyclic amines) is 1. The lowest BCUT2D eigenvalue weighted by Crippen LogP contribution is -2.39. The molecular formula is C25H24N4O3S2. The molecule has 7 nitrogen and oxygen atoms in total. The van der Waals surface area contributed by atoms with Crippen molar-refractivity contribution in [3.05, 3.63) is 64.5 Å². The average Bonchev–Trinajstić information content (AvgIpc) is 3.61. The highest BCUT2D eigenvalue weighted by molar-refractivity contribution is 8.18.